The minimum absolute atomic E-state index is 0.113. The summed E-state index contributed by atoms with van der Waals surface area (Å²) in [7, 11) is 0. The molecular weight excluding hydrogens is 346 g/mol. The van der Waals surface area contributed by atoms with Crippen LogP contribution in [0.25, 0.3) is 0 Å². The molecule has 110 valence electrons. The van der Waals surface area contributed by atoms with E-state index in [0.29, 0.717) is 5.56 Å². The Morgan fingerprint density at radius 1 is 1.29 bits per heavy atom. The molecule has 0 aliphatic rings. The standard InChI is InChI=1S/C14H11BrF2N2O2/c1-8(9-3-2-4-10(16)5-9)18-13-6-11(15)12(17)7-14(13)19(20)21/h2-8,18H,1H3/t8-/m1/s1. The van der Waals surface area contributed by atoms with E-state index in [9.17, 15) is 18.9 Å². The van der Waals surface area contributed by atoms with Crippen LogP contribution in [0.1, 0.15) is 18.5 Å². The molecule has 0 aliphatic carbocycles. The van der Waals surface area contributed by atoms with Gasteiger partial charge in [0.2, 0.25) is 0 Å². The van der Waals surface area contributed by atoms with Crippen LogP contribution in [0.15, 0.2) is 40.9 Å². The first kappa shape index (κ1) is 15.4. The third kappa shape index (κ3) is 3.55. The van der Waals surface area contributed by atoms with Gasteiger partial charge in [-0.25, -0.2) is 8.78 Å². The van der Waals surface area contributed by atoms with E-state index in [1.54, 1.807) is 19.1 Å². The van der Waals surface area contributed by atoms with Gasteiger partial charge in [0, 0.05) is 6.04 Å². The summed E-state index contributed by atoms with van der Waals surface area (Å²) in [6, 6.07) is 7.66. The summed E-state index contributed by atoms with van der Waals surface area (Å²) in [6.45, 7) is 1.73. The van der Waals surface area contributed by atoms with E-state index in [1.165, 1.54) is 18.2 Å². The maximum Gasteiger partial charge on any atom is 0.295 e. The zero-order chi connectivity index (χ0) is 15.6. The SMILES string of the molecule is C[C@@H](Nc1cc(Br)c(F)cc1[N+](=O)[O-])c1cccc(F)c1. The van der Waals surface area contributed by atoms with E-state index < -0.39 is 16.6 Å². The van der Waals surface area contributed by atoms with Crippen molar-refractivity contribution in [1.29, 1.82) is 0 Å². The Hall–Kier alpha value is -2.02. The second-order valence-electron chi connectivity index (χ2n) is 4.46. The molecule has 0 fully saturated rings. The zero-order valence-electron chi connectivity index (χ0n) is 10.9. The van der Waals surface area contributed by atoms with Crippen molar-refractivity contribution in [3.8, 4) is 0 Å². The number of nitrogens with one attached hydrogen (secondary N) is 1. The van der Waals surface area contributed by atoms with E-state index in [4.69, 9.17) is 0 Å². The van der Waals surface area contributed by atoms with Gasteiger partial charge in [-0.2, -0.15) is 0 Å². The molecule has 0 unspecified atom stereocenters. The number of nitro groups is 1. The predicted molar refractivity (Wildman–Crippen MR) is 79.2 cm³/mol. The molecule has 0 radical (unpaired) electrons. The summed E-state index contributed by atoms with van der Waals surface area (Å²) in [5.74, 6) is -1.11. The maximum absolute atomic E-state index is 13.4. The summed E-state index contributed by atoms with van der Waals surface area (Å²) in [4.78, 5) is 10.3. The third-order valence-corrected chi connectivity index (χ3v) is 3.56. The van der Waals surface area contributed by atoms with Crippen molar-refractivity contribution in [1.82, 2.24) is 0 Å². The van der Waals surface area contributed by atoms with E-state index >= 15 is 0 Å². The lowest BCUT2D eigenvalue weighted by Gasteiger charge is -2.16. The van der Waals surface area contributed by atoms with Crippen LogP contribution in [0.3, 0.4) is 0 Å². The van der Waals surface area contributed by atoms with Crippen molar-refractivity contribution in [3.05, 3.63) is 68.2 Å². The van der Waals surface area contributed by atoms with Crippen molar-refractivity contribution >= 4 is 27.3 Å². The van der Waals surface area contributed by atoms with E-state index in [1.807, 2.05) is 0 Å². The van der Waals surface area contributed by atoms with Gasteiger partial charge in [0.15, 0.2) is 0 Å². The highest BCUT2D eigenvalue weighted by atomic mass is 79.9. The highest BCUT2D eigenvalue weighted by molar-refractivity contribution is 9.10. The van der Waals surface area contributed by atoms with Gasteiger partial charge in [-0.1, -0.05) is 12.1 Å². The molecule has 7 heteroatoms. The first-order valence-electron chi connectivity index (χ1n) is 6.04. The molecule has 0 spiro atoms. The lowest BCUT2D eigenvalue weighted by Crippen LogP contribution is -2.09. The van der Waals surface area contributed by atoms with Crippen LogP contribution in [0, 0.1) is 21.7 Å². The fraction of sp³-hybridized carbons (Fsp3) is 0.143. The van der Waals surface area contributed by atoms with Gasteiger partial charge in [-0.3, -0.25) is 10.1 Å². The predicted octanol–water partition coefficient (Wildman–Crippen LogP) is 4.81. The normalized spacial score (nSPS) is 12.0. The van der Waals surface area contributed by atoms with Gasteiger partial charge in [-0.05, 0) is 46.6 Å². The third-order valence-electron chi connectivity index (χ3n) is 2.96. The number of hydrogen-bond donors (Lipinski definition) is 1. The number of benzene rings is 2. The van der Waals surface area contributed by atoms with Gasteiger partial charge in [-0.15, -0.1) is 0 Å². The van der Waals surface area contributed by atoms with Crippen LogP contribution in [-0.4, -0.2) is 4.92 Å². The molecule has 2 aromatic carbocycles. The summed E-state index contributed by atoms with van der Waals surface area (Å²) in [5.41, 5.74) is 0.411. The van der Waals surface area contributed by atoms with Crippen molar-refractivity contribution in [2.24, 2.45) is 0 Å². The Morgan fingerprint density at radius 2 is 2.00 bits per heavy atom. The molecule has 1 N–H and O–H groups in total. The smallest absolute Gasteiger partial charge is 0.295 e. The molecule has 0 heterocycles. The van der Waals surface area contributed by atoms with Gasteiger partial charge in [0.25, 0.3) is 5.69 Å². The van der Waals surface area contributed by atoms with Gasteiger partial charge < -0.3 is 5.32 Å². The Labute approximate surface area is 128 Å². The quantitative estimate of drug-likeness (QED) is 0.631. The Balaban J connectivity index is 2.34. The average molecular weight is 357 g/mol. The molecule has 2 rings (SSSR count). The highest BCUT2D eigenvalue weighted by Gasteiger charge is 2.19. The van der Waals surface area contributed by atoms with Gasteiger partial charge in [0.05, 0.1) is 15.5 Å². The van der Waals surface area contributed by atoms with Crippen molar-refractivity contribution in [3.63, 3.8) is 0 Å². The zero-order valence-corrected chi connectivity index (χ0v) is 12.5. The molecule has 0 aromatic heterocycles. The van der Waals surface area contributed by atoms with Crippen molar-refractivity contribution < 1.29 is 13.7 Å². The van der Waals surface area contributed by atoms with E-state index in [0.717, 1.165) is 6.07 Å². The summed E-state index contributed by atoms with van der Waals surface area (Å²) in [5, 5.41) is 13.9. The summed E-state index contributed by atoms with van der Waals surface area (Å²) >= 11 is 2.99. The number of nitrogens with zero attached hydrogens (tertiary/aromatic N) is 1. The molecule has 0 saturated heterocycles. The maximum atomic E-state index is 13.4. The van der Waals surface area contributed by atoms with E-state index in [2.05, 4.69) is 21.2 Å². The number of anilines is 1. The minimum atomic E-state index is -0.717. The van der Waals surface area contributed by atoms with Crippen molar-refractivity contribution in [2.45, 2.75) is 13.0 Å². The molecule has 1 atom stereocenters. The molecular formula is C14H11BrF2N2O2. The Kier molecular flexibility index (Phi) is 4.52. The summed E-state index contributed by atoms with van der Waals surface area (Å²) in [6.07, 6.45) is 0. The van der Waals surface area contributed by atoms with E-state index in [-0.39, 0.29) is 21.9 Å². The second kappa shape index (κ2) is 6.17. The van der Waals surface area contributed by atoms with Crippen LogP contribution in [0.2, 0.25) is 0 Å². The van der Waals surface area contributed by atoms with Gasteiger partial charge >= 0.3 is 0 Å². The Bertz CT molecular complexity index is 695. The fourth-order valence-corrected chi connectivity index (χ4v) is 2.24. The number of rotatable bonds is 4. The molecule has 2 aromatic rings. The number of hydrogen-bond acceptors (Lipinski definition) is 3. The van der Waals surface area contributed by atoms with Crippen molar-refractivity contribution in [2.75, 3.05) is 5.32 Å². The molecule has 0 amide bonds. The summed E-state index contributed by atoms with van der Waals surface area (Å²) < 4.78 is 26.7. The second-order valence-corrected chi connectivity index (χ2v) is 5.32. The number of nitro benzene ring substituents is 1. The Morgan fingerprint density at radius 3 is 2.62 bits per heavy atom. The van der Waals surface area contributed by atoms with Crippen LogP contribution in [-0.2, 0) is 0 Å². The molecule has 4 nitrogen and oxygen atoms in total. The monoisotopic (exact) mass is 356 g/mol. The van der Waals surface area contributed by atoms with Crippen LogP contribution in [0.4, 0.5) is 20.2 Å². The van der Waals surface area contributed by atoms with Crippen LogP contribution in [0.5, 0.6) is 0 Å². The number of halogens is 3. The molecule has 0 bridgehead atoms. The van der Waals surface area contributed by atoms with Crippen LogP contribution >= 0.6 is 15.9 Å². The average Bonchev–Trinajstić information content (AvgIpc) is 2.42. The topological polar surface area (TPSA) is 55.2 Å². The lowest BCUT2D eigenvalue weighted by atomic mass is 10.1. The first-order valence-corrected chi connectivity index (χ1v) is 6.83. The molecule has 0 aliphatic heterocycles. The molecule has 0 saturated carbocycles. The minimum Gasteiger partial charge on any atom is -0.373 e. The lowest BCUT2D eigenvalue weighted by molar-refractivity contribution is -0.384. The van der Waals surface area contributed by atoms with Crippen LogP contribution < -0.4 is 5.32 Å². The van der Waals surface area contributed by atoms with Gasteiger partial charge in [0.1, 0.15) is 17.3 Å². The fourth-order valence-electron chi connectivity index (χ4n) is 1.90. The largest absolute Gasteiger partial charge is 0.373 e. The highest BCUT2D eigenvalue weighted by Crippen LogP contribution is 2.33. The molecule has 21 heavy (non-hydrogen) atoms. The first-order chi connectivity index (χ1) is 9.88.